The Morgan fingerprint density at radius 1 is 1.08 bits per heavy atom. The van der Waals surface area contributed by atoms with Crippen LogP contribution in [0.25, 0.3) is 0 Å². The number of guanidine groups is 1. The Bertz CT molecular complexity index is 366. The first kappa shape index (κ1) is 23.0. The minimum absolute atomic E-state index is 0. The Labute approximate surface area is 171 Å². The Morgan fingerprint density at radius 3 is 2.40 bits per heavy atom. The van der Waals surface area contributed by atoms with E-state index in [-0.39, 0.29) is 30.1 Å². The minimum atomic E-state index is -0.0992. The molecule has 0 aromatic heterocycles. The fourth-order valence-corrected chi connectivity index (χ4v) is 3.95. The normalized spacial score (nSPS) is 25.5. The largest absolute Gasteiger partial charge is 0.393 e. The lowest BCUT2D eigenvalue weighted by atomic mass is 9.93. The van der Waals surface area contributed by atoms with Crippen molar-refractivity contribution in [2.24, 2.45) is 4.99 Å². The maximum Gasteiger partial charge on any atom is 0.191 e. The molecule has 5 nitrogen and oxygen atoms in total. The topological polar surface area (TPSA) is 59.9 Å². The van der Waals surface area contributed by atoms with Gasteiger partial charge in [-0.05, 0) is 65.5 Å². The third-order valence-electron chi connectivity index (χ3n) is 5.52. The van der Waals surface area contributed by atoms with Crippen LogP contribution in [0, 0.1) is 0 Å². The van der Waals surface area contributed by atoms with E-state index in [1.165, 1.54) is 32.1 Å². The van der Waals surface area contributed by atoms with E-state index in [9.17, 15) is 5.11 Å². The van der Waals surface area contributed by atoms with Crippen molar-refractivity contribution in [1.82, 2.24) is 15.5 Å². The molecule has 148 valence electrons. The predicted molar refractivity (Wildman–Crippen MR) is 117 cm³/mol. The molecule has 2 fully saturated rings. The van der Waals surface area contributed by atoms with E-state index in [2.05, 4.69) is 29.5 Å². The monoisotopic (exact) mass is 466 g/mol. The zero-order valence-electron chi connectivity index (χ0n) is 16.2. The van der Waals surface area contributed by atoms with Crippen LogP contribution in [0.15, 0.2) is 4.99 Å². The van der Waals surface area contributed by atoms with E-state index in [1.807, 2.05) is 0 Å². The zero-order valence-corrected chi connectivity index (χ0v) is 18.5. The average molecular weight is 466 g/mol. The molecule has 2 aliphatic carbocycles. The molecule has 0 aliphatic heterocycles. The van der Waals surface area contributed by atoms with Crippen LogP contribution in [-0.2, 0) is 0 Å². The molecule has 2 aliphatic rings. The van der Waals surface area contributed by atoms with E-state index in [4.69, 9.17) is 4.99 Å². The van der Waals surface area contributed by atoms with Crippen molar-refractivity contribution in [3.05, 3.63) is 0 Å². The van der Waals surface area contributed by atoms with E-state index in [1.54, 1.807) is 0 Å². The smallest absolute Gasteiger partial charge is 0.191 e. The highest BCUT2D eigenvalue weighted by atomic mass is 127. The summed E-state index contributed by atoms with van der Waals surface area (Å²) in [6.07, 6.45) is 11.9. The van der Waals surface area contributed by atoms with Crippen molar-refractivity contribution in [3.8, 4) is 0 Å². The van der Waals surface area contributed by atoms with Crippen molar-refractivity contribution in [2.75, 3.05) is 26.7 Å². The van der Waals surface area contributed by atoms with Gasteiger partial charge in [0.2, 0.25) is 0 Å². The molecule has 0 atom stereocenters. The number of nitrogens with zero attached hydrogens (tertiary/aromatic N) is 2. The lowest BCUT2D eigenvalue weighted by Crippen LogP contribution is -2.45. The number of hydrogen-bond donors (Lipinski definition) is 3. The summed E-state index contributed by atoms with van der Waals surface area (Å²) in [7, 11) is 2.27. The first-order chi connectivity index (χ1) is 11.7. The van der Waals surface area contributed by atoms with Crippen molar-refractivity contribution < 1.29 is 5.11 Å². The molecule has 0 amide bonds. The number of hydrogen-bond acceptors (Lipinski definition) is 3. The van der Waals surface area contributed by atoms with Crippen LogP contribution < -0.4 is 10.6 Å². The third kappa shape index (κ3) is 8.91. The van der Waals surface area contributed by atoms with Gasteiger partial charge in [-0.25, -0.2) is 0 Å². The molecule has 0 bridgehead atoms. The Morgan fingerprint density at radius 2 is 1.76 bits per heavy atom. The Balaban J connectivity index is 0.00000312. The standard InChI is InChI=1S/C19H38N4O.HI/c1-3-20-19(22-16-10-12-18(24)13-11-16)21-14-7-15-23(2)17-8-5-4-6-9-17;/h16-18,24H,3-15H2,1-2H3,(H2,20,21,22);1H. The maximum absolute atomic E-state index is 9.62. The summed E-state index contributed by atoms with van der Waals surface area (Å²) in [6, 6.07) is 1.25. The van der Waals surface area contributed by atoms with Gasteiger partial charge in [0.15, 0.2) is 5.96 Å². The van der Waals surface area contributed by atoms with Crippen LogP contribution in [-0.4, -0.2) is 60.8 Å². The highest BCUT2D eigenvalue weighted by Gasteiger charge is 2.20. The number of aliphatic hydroxyl groups is 1. The summed E-state index contributed by atoms with van der Waals surface area (Å²) in [4.78, 5) is 7.29. The maximum atomic E-state index is 9.62. The fraction of sp³-hybridized carbons (Fsp3) is 0.947. The van der Waals surface area contributed by atoms with Gasteiger partial charge in [0.1, 0.15) is 0 Å². The van der Waals surface area contributed by atoms with Crippen LogP contribution in [0.1, 0.15) is 71.1 Å². The number of aliphatic hydroxyl groups excluding tert-OH is 1. The van der Waals surface area contributed by atoms with E-state index >= 15 is 0 Å². The van der Waals surface area contributed by atoms with Gasteiger partial charge in [0.25, 0.3) is 0 Å². The summed E-state index contributed by atoms with van der Waals surface area (Å²) in [6.45, 7) is 5.02. The molecule has 0 heterocycles. The van der Waals surface area contributed by atoms with E-state index in [0.717, 1.165) is 63.7 Å². The predicted octanol–water partition coefficient (Wildman–Crippen LogP) is 3.12. The first-order valence-electron chi connectivity index (χ1n) is 10.1. The summed E-state index contributed by atoms with van der Waals surface area (Å²) in [5.74, 6) is 0.944. The summed E-state index contributed by atoms with van der Waals surface area (Å²) in [5, 5.41) is 16.5. The van der Waals surface area contributed by atoms with Gasteiger partial charge in [-0.1, -0.05) is 19.3 Å². The van der Waals surface area contributed by atoms with Gasteiger partial charge in [-0.3, -0.25) is 4.99 Å². The summed E-state index contributed by atoms with van der Waals surface area (Å²) in [5.41, 5.74) is 0. The van der Waals surface area contributed by atoms with Gasteiger partial charge < -0.3 is 20.6 Å². The lowest BCUT2D eigenvalue weighted by Gasteiger charge is -2.31. The van der Waals surface area contributed by atoms with Crippen LogP contribution >= 0.6 is 24.0 Å². The highest BCUT2D eigenvalue weighted by molar-refractivity contribution is 14.0. The van der Waals surface area contributed by atoms with E-state index < -0.39 is 0 Å². The van der Waals surface area contributed by atoms with Gasteiger partial charge in [-0.2, -0.15) is 0 Å². The Kier molecular flexibility index (Phi) is 12.1. The molecule has 25 heavy (non-hydrogen) atoms. The second-order valence-electron chi connectivity index (χ2n) is 7.54. The molecule has 3 N–H and O–H groups in total. The molecule has 2 rings (SSSR count). The van der Waals surface area contributed by atoms with Gasteiger partial charge in [-0.15, -0.1) is 24.0 Å². The molecule has 6 heteroatoms. The number of nitrogens with one attached hydrogen (secondary N) is 2. The molecular weight excluding hydrogens is 427 g/mol. The summed E-state index contributed by atoms with van der Waals surface area (Å²) < 4.78 is 0. The number of rotatable bonds is 7. The zero-order chi connectivity index (χ0) is 17.2. The molecule has 0 saturated heterocycles. The quantitative estimate of drug-likeness (QED) is 0.234. The second-order valence-corrected chi connectivity index (χ2v) is 7.54. The van der Waals surface area contributed by atoms with Crippen LogP contribution in [0.2, 0.25) is 0 Å². The molecule has 0 radical (unpaired) electrons. The third-order valence-corrected chi connectivity index (χ3v) is 5.52. The van der Waals surface area contributed by atoms with Crippen molar-refractivity contribution in [1.29, 1.82) is 0 Å². The minimum Gasteiger partial charge on any atom is -0.393 e. The second kappa shape index (κ2) is 13.1. The molecular formula is C19H39IN4O. The molecule has 0 spiro atoms. The van der Waals surface area contributed by atoms with Crippen LogP contribution in [0.4, 0.5) is 0 Å². The van der Waals surface area contributed by atoms with Crippen molar-refractivity contribution in [2.45, 2.75) is 89.3 Å². The van der Waals surface area contributed by atoms with Gasteiger partial charge in [0.05, 0.1) is 6.10 Å². The SMILES string of the molecule is CCNC(=NCCCN(C)C1CCCCC1)NC1CCC(O)CC1.I. The molecule has 0 unspecified atom stereocenters. The molecule has 0 aromatic rings. The fourth-order valence-electron chi connectivity index (χ4n) is 3.95. The summed E-state index contributed by atoms with van der Waals surface area (Å²) >= 11 is 0. The van der Waals surface area contributed by atoms with Crippen molar-refractivity contribution in [3.63, 3.8) is 0 Å². The highest BCUT2D eigenvalue weighted by Crippen LogP contribution is 2.21. The molecule has 2 saturated carbocycles. The Hall–Kier alpha value is -0.0800. The number of halogens is 1. The van der Waals surface area contributed by atoms with Crippen LogP contribution in [0.5, 0.6) is 0 Å². The number of aliphatic imine (C=N–C) groups is 1. The first-order valence-corrected chi connectivity index (χ1v) is 10.1. The van der Waals surface area contributed by atoms with Gasteiger partial charge in [0, 0.05) is 25.2 Å². The average Bonchev–Trinajstić information content (AvgIpc) is 2.61. The van der Waals surface area contributed by atoms with Crippen molar-refractivity contribution >= 4 is 29.9 Å². The lowest BCUT2D eigenvalue weighted by molar-refractivity contribution is 0.120. The van der Waals surface area contributed by atoms with Gasteiger partial charge >= 0.3 is 0 Å². The van der Waals surface area contributed by atoms with E-state index in [0.29, 0.717) is 6.04 Å². The molecule has 0 aromatic carbocycles. The van der Waals surface area contributed by atoms with Crippen LogP contribution in [0.3, 0.4) is 0 Å².